The molecule has 0 aliphatic carbocycles. The SMILES string of the molecule is NC(=O)c1ccccc1NC(=S)Nc1ccccc1. The molecule has 2 rings (SSSR count). The predicted octanol–water partition coefficient (Wildman–Crippen LogP) is 2.59. The van der Waals surface area contributed by atoms with Crippen LogP contribution in [-0.2, 0) is 0 Å². The maximum Gasteiger partial charge on any atom is 0.250 e. The van der Waals surface area contributed by atoms with Crippen LogP contribution in [0.3, 0.4) is 0 Å². The zero-order valence-electron chi connectivity index (χ0n) is 10.1. The van der Waals surface area contributed by atoms with Crippen molar-refractivity contribution in [1.29, 1.82) is 0 Å². The summed E-state index contributed by atoms with van der Waals surface area (Å²) in [6.45, 7) is 0. The summed E-state index contributed by atoms with van der Waals surface area (Å²) in [4.78, 5) is 11.3. The summed E-state index contributed by atoms with van der Waals surface area (Å²) in [6.07, 6.45) is 0. The van der Waals surface area contributed by atoms with Gasteiger partial charge < -0.3 is 16.4 Å². The lowest BCUT2D eigenvalue weighted by Crippen LogP contribution is -2.22. The summed E-state index contributed by atoms with van der Waals surface area (Å²) in [5, 5.41) is 6.39. The van der Waals surface area contributed by atoms with E-state index < -0.39 is 5.91 Å². The van der Waals surface area contributed by atoms with E-state index in [0.29, 0.717) is 16.4 Å². The van der Waals surface area contributed by atoms with E-state index in [1.54, 1.807) is 24.3 Å². The number of anilines is 2. The van der Waals surface area contributed by atoms with Crippen molar-refractivity contribution in [3.63, 3.8) is 0 Å². The number of hydrogen-bond donors (Lipinski definition) is 3. The molecule has 0 bridgehead atoms. The van der Waals surface area contributed by atoms with Crippen LogP contribution in [0.5, 0.6) is 0 Å². The minimum Gasteiger partial charge on any atom is -0.366 e. The summed E-state index contributed by atoms with van der Waals surface area (Å²) in [5.74, 6) is -0.495. The number of primary amides is 1. The van der Waals surface area contributed by atoms with Crippen LogP contribution < -0.4 is 16.4 Å². The first kappa shape index (κ1) is 13.0. The van der Waals surface area contributed by atoms with Gasteiger partial charge in [-0.1, -0.05) is 30.3 Å². The van der Waals surface area contributed by atoms with Crippen LogP contribution in [0.2, 0.25) is 0 Å². The monoisotopic (exact) mass is 271 g/mol. The van der Waals surface area contributed by atoms with Crippen LogP contribution in [0, 0.1) is 0 Å². The maximum atomic E-state index is 11.3. The van der Waals surface area contributed by atoms with E-state index in [1.165, 1.54) is 0 Å². The Morgan fingerprint density at radius 1 is 0.947 bits per heavy atom. The third-order valence-electron chi connectivity index (χ3n) is 2.47. The molecule has 0 aliphatic heterocycles. The molecule has 5 heteroatoms. The van der Waals surface area contributed by atoms with E-state index in [9.17, 15) is 4.79 Å². The summed E-state index contributed by atoms with van der Waals surface area (Å²) in [7, 11) is 0. The van der Waals surface area contributed by atoms with E-state index >= 15 is 0 Å². The number of benzene rings is 2. The van der Waals surface area contributed by atoms with Crippen LogP contribution in [0.4, 0.5) is 11.4 Å². The lowest BCUT2D eigenvalue weighted by Gasteiger charge is -2.12. The van der Waals surface area contributed by atoms with Crippen LogP contribution in [-0.4, -0.2) is 11.0 Å². The fourth-order valence-corrected chi connectivity index (χ4v) is 1.84. The highest BCUT2D eigenvalue weighted by Crippen LogP contribution is 2.15. The second-order valence-corrected chi connectivity index (χ2v) is 4.26. The Morgan fingerprint density at radius 3 is 2.26 bits per heavy atom. The molecule has 2 aromatic rings. The molecule has 0 saturated carbocycles. The van der Waals surface area contributed by atoms with Gasteiger partial charge in [0.1, 0.15) is 0 Å². The smallest absolute Gasteiger partial charge is 0.250 e. The van der Waals surface area contributed by atoms with E-state index in [-0.39, 0.29) is 0 Å². The van der Waals surface area contributed by atoms with Gasteiger partial charge >= 0.3 is 0 Å². The van der Waals surface area contributed by atoms with Gasteiger partial charge in [0.25, 0.3) is 5.91 Å². The molecule has 0 fully saturated rings. The molecule has 0 aromatic heterocycles. The summed E-state index contributed by atoms with van der Waals surface area (Å²) in [6, 6.07) is 16.5. The first-order valence-electron chi connectivity index (χ1n) is 5.68. The van der Waals surface area contributed by atoms with Crippen LogP contribution in [0.15, 0.2) is 54.6 Å². The van der Waals surface area contributed by atoms with Crippen LogP contribution >= 0.6 is 12.2 Å². The van der Waals surface area contributed by atoms with Crippen molar-refractivity contribution < 1.29 is 4.79 Å². The molecule has 0 radical (unpaired) electrons. The molecule has 1 amide bonds. The Labute approximate surface area is 116 Å². The highest BCUT2D eigenvalue weighted by Gasteiger charge is 2.08. The largest absolute Gasteiger partial charge is 0.366 e. The van der Waals surface area contributed by atoms with Gasteiger partial charge in [0.05, 0.1) is 11.3 Å². The molecular weight excluding hydrogens is 258 g/mol. The third kappa shape index (κ3) is 3.53. The quantitative estimate of drug-likeness (QED) is 0.751. The topological polar surface area (TPSA) is 67.2 Å². The lowest BCUT2D eigenvalue weighted by molar-refractivity contribution is 0.100. The second kappa shape index (κ2) is 5.97. The molecule has 0 atom stereocenters. The average Bonchev–Trinajstić information content (AvgIpc) is 2.40. The van der Waals surface area contributed by atoms with Crippen molar-refractivity contribution in [3.8, 4) is 0 Å². The predicted molar refractivity (Wildman–Crippen MR) is 81.2 cm³/mol. The fourth-order valence-electron chi connectivity index (χ4n) is 1.61. The molecule has 2 aromatic carbocycles. The standard InChI is InChI=1S/C14H13N3OS/c15-13(18)11-8-4-5-9-12(11)17-14(19)16-10-6-2-1-3-7-10/h1-9H,(H2,15,18)(H2,16,17,19). The normalized spacial score (nSPS) is 9.68. The van der Waals surface area contributed by atoms with Crippen molar-refractivity contribution in [3.05, 3.63) is 60.2 Å². The second-order valence-electron chi connectivity index (χ2n) is 3.85. The van der Waals surface area contributed by atoms with Gasteiger partial charge in [0.15, 0.2) is 5.11 Å². The molecule has 0 aliphatic rings. The zero-order chi connectivity index (χ0) is 13.7. The lowest BCUT2D eigenvalue weighted by atomic mass is 10.1. The minimum absolute atomic E-state index is 0.403. The van der Waals surface area contributed by atoms with E-state index in [1.807, 2.05) is 30.3 Å². The Kier molecular flexibility index (Phi) is 4.10. The summed E-state index contributed by atoms with van der Waals surface area (Å²) < 4.78 is 0. The molecule has 4 N–H and O–H groups in total. The minimum atomic E-state index is -0.495. The van der Waals surface area contributed by atoms with Crippen molar-refractivity contribution in [2.24, 2.45) is 5.73 Å². The zero-order valence-corrected chi connectivity index (χ0v) is 10.9. The van der Waals surface area contributed by atoms with Crippen molar-refractivity contribution >= 4 is 34.6 Å². The van der Waals surface area contributed by atoms with Gasteiger partial charge in [-0.2, -0.15) is 0 Å². The number of carbonyl (C=O) groups is 1. The van der Waals surface area contributed by atoms with Crippen molar-refractivity contribution in [1.82, 2.24) is 0 Å². The Morgan fingerprint density at radius 2 is 1.58 bits per heavy atom. The third-order valence-corrected chi connectivity index (χ3v) is 2.68. The number of thiocarbonyl (C=S) groups is 1. The van der Waals surface area contributed by atoms with Gasteiger partial charge in [-0.05, 0) is 36.5 Å². The van der Waals surface area contributed by atoms with Crippen LogP contribution in [0.1, 0.15) is 10.4 Å². The van der Waals surface area contributed by atoms with E-state index in [4.69, 9.17) is 18.0 Å². The Bertz CT molecular complexity index is 599. The maximum absolute atomic E-state index is 11.3. The molecule has 0 heterocycles. The number of rotatable bonds is 3. The fraction of sp³-hybridized carbons (Fsp3) is 0. The molecule has 19 heavy (non-hydrogen) atoms. The average molecular weight is 271 g/mol. The molecule has 0 spiro atoms. The first-order chi connectivity index (χ1) is 9.16. The van der Waals surface area contributed by atoms with E-state index in [2.05, 4.69) is 10.6 Å². The van der Waals surface area contributed by atoms with Crippen LogP contribution in [0.25, 0.3) is 0 Å². The molecule has 0 saturated heterocycles. The van der Waals surface area contributed by atoms with Crippen molar-refractivity contribution in [2.75, 3.05) is 10.6 Å². The number of hydrogen-bond acceptors (Lipinski definition) is 2. The highest BCUT2D eigenvalue weighted by atomic mass is 32.1. The van der Waals surface area contributed by atoms with Crippen molar-refractivity contribution in [2.45, 2.75) is 0 Å². The van der Waals surface area contributed by atoms with Gasteiger partial charge in [0, 0.05) is 5.69 Å². The number of nitrogens with one attached hydrogen (secondary N) is 2. The van der Waals surface area contributed by atoms with Gasteiger partial charge in [-0.15, -0.1) is 0 Å². The Balaban J connectivity index is 2.09. The molecule has 4 nitrogen and oxygen atoms in total. The summed E-state index contributed by atoms with van der Waals surface area (Å²) >= 11 is 5.19. The first-order valence-corrected chi connectivity index (χ1v) is 6.09. The molecule has 96 valence electrons. The van der Waals surface area contributed by atoms with E-state index in [0.717, 1.165) is 5.69 Å². The number of carbonyl (C=O) groups excluding carboxylic acids is 1. The molecule has 0 unspecified atom stereocenters. The Hall–Kier alpha value is -2.40. The van der Waals surface area contributed by atoms with Gasteiger partial charge in [-0.25, -0.2) is 0 Å². The number of nitrogens with two attached hydrogens (primary N) is 1. The highest BCUT2D eigenvalue weighted by molar-refractivity contribution is 7.80. The number of para-hydroxylation sites is 2. The van der Waals surface area contributed by atoms with Gasteiger partial charge in [-0.3, -0.25) is 4.79 Å². The van der Waals surface area contributed by atoms with Gasteiger partial charge in [0.2, 0.25) is 0 Å². The molecular formula is C14H13N3OS. The summed E-state index contributed by atoms with van der Waals surface area (Å²) in [5.41, 5.74) is 7.16. The number of amides is 1.